The van der Waals surface area contributed by atoms with Crippen molar-refractivity contribution in [2.24, 2.45) is 0 Å². The van der Waals surface area contributed by atoms with Crippen LogP contribution in [0.15, 0.2) is 52.0 Å². The highest BCUT2D eigenvalue weighted by atomic mass is 79.9. The number of para-hydroxylation sites is 1. The first-order valence-electron chi connectivity index (χ1n) is 6.43. The summed E-state index contributed by atoms with van der Waals surface area (Å²) >= 11 is 3.48. The standard InChI is InChI=1S/C16H13BrN2O2/c1-10-12(17)6-4-7-13(10)19-9-18-15-11(16(19)20)5-3-8-14(15)21-2/h3-9H,1-2H3. The van der Waals surface area contributed by atoms with Crippen LogP contribution in [0, 0.1) is 6.92 Å². The van der Waals surface area contributed by atoms with Crippen molar-refractivity contribution in [2.45, 2.75) is 6.92 Å². The van der Waals surface area contributed by atoms with Crippen LogP contribution in [0.3, 0.4) is 0 Å². The molecule has 0 atom stereocenters. The molecular formula is C16H13BrN2O2. The fraction of sp³-hybridized carbons (Fsp3) is 0.125. The molecule has 2 aromatic carbocycles. The predicted molar refractivity (Wildman–Crippen MR) is 86.3 cm³/mol. The van der Waals surface area contributed by atoms with Crippen LogP contribution in [-0.2, 0) is 0 Å². The summed E-state index contributed by atoms with van der Waals surface area (Å²) in [7, 11) is 1.57. The number of ether oxygens (including phenoxy) is 1. The second-order valence-electron chi connectivity index (χ2n) is 4.66. The molecular weight excluding hydrogens is 332 g/mol. The molecule has 0 N–H and O–H groups in total. The van der Waals surface area contributed by atoms with Crippen LogP contribution in [-0.4, -0.2) is 16.7 Å². The molecule has 1 aromatic heterocycles. The molecule has 0 amide bonds. The minimum atomic E-state index is -0.111. The third-order valence-electron chi connectivity index (χ3n) is 3.47. The molecule has 21 heavy (non-hydrogen) atoms. The van der Waals surface area contributed by atoms with Gasteiger partial charge in [0.15, 0.2) is 0 Å². The van der Waals surface area contributed by atoms with E-state index in [0.717, 1.165) is 15.7 Å². The van der Waals surface area contributed by atoms with Crippen molar-refractivity contribution < 1.29 is 4.74 Å². The Morgan fingerprint density at radius 1 is 1.19 bits per heavy atom. The summed E-state index contributed by atoms with van der Waals surface area (Å²) in [5.74, 6) is 0.600. The molecule has 106 valence electrons. The Kier molecular flexibility index (Phi) is 3.51. The van der Waals surface area contributed by atoms with E-state index in [0.29, 0.717) is 16.7 Å². The molecule has 1 heterocycles. The maximum Gasteiger partial charge on any atom is 0.265 e. The lowest BCUT2D eigenvalue weighted by Crippen LogP contribution is -2.19. The SMILES string of the molecule is COc1cccc2c(=O)n(-c3cccc(Br)c3C)cnc12. The van der Waals surface area contributed by atoms with Crippen molar-refractivity contribution in [3.05, 3.63) is 63.1 Å². The van der Waals surface area contributed by atoms with Crippen LogP contribution in [0.25, 0.3) is 16.6 Å². The highest BCUT2D eigenvalue weighted by Crippen LogP contribution is 2.24. The molecule has 3 rings (SSSR count). The van der Waals surface area contributed by atoms with Gasteiger partial charge < -0.3 is 4.74 Å². The average Bonchev–Trinajstić information content (AvgIpc) is 2.50. The zero-order chi connectivity index (χ0) is 15.0. The molecule has 0 saturated carbocycles. The molecule has 0 radical (unpaired) electrons. The number of halogens is 1. The van der Waals surface area contributed by atoms with Crippen molar-refractivity contribution >= 4 is 26.8 Å². The van der Waals surface area contributed by atoms with Gasteiger partial charge in [-0.1, -0.05) is 28.1 Å². The van der Waals surface area contributed by atoms with Crippen LogP contribution in [0.5, 0.6) is 5.75 Å². The second kappa shape index (κ2) is 5.33. The third-order valence-corrected chi connectivity index (χ3v) is 4.33. The van der Waals surface area contributed by atoms with E-state index in [-0.39, 0.29) is 5.56 Å². The van der Waals surface area contributed by atoms with Crippen molar-refractivity contribution in [1.29, 1.82) is 0 Å². The molecule has 0 bridgehead atoms. The summed E-state index contributed by atoms with van der Waals surface area (Å²) in [6, 6.07) is 11.1. The maximum atomic E-state index is 12.7. The van der Waals surface area contributed by atoms with Crippen molar-refractivity contribution in [3.63, 3.8) is 0 Å². The van der Waals surface area contributed by atoms with Crippen molar-refractivity contribution in [3.8, 4) is 11.4 Å². The minimum absolute atomic E-state index is 0.111. The number of benzene rings is 2. The highest BCUT2D eigenvalue weighted by molar-refractivity contribution is 9.10. The lowest BCUT2D eigenvalue weighted by Gasteiger charge is -2.11. The number of fused-ring (bicyclic) bond motifs is 1. The highest BCUT2D eigenvalue weighted by Gasteiger charge is 2.11. The maximum absolute atomic E-state index is 12.7. The largest absolute Gasteiger partial charge is 0.494 e. The van der Waals surface area contributed by atoms with Gasteiger partial charge in [0, 0.05) is 4.47 Å². The number of nitrogens with zero attached hydrogens (tertiary/aromatic N) is 2. The van der Waals surface area contributed by atoms with E-state index in [1.165, 1.54) is 0 Å². The van der Waals surface area contributed by atoms with E-state index >= 15 is 0 Å². The fourth-order valence-corrected chi connectivity index (χ4v) is 2.67. The lowest BCUT2D eigenvalue weighted by molar-refractivity contribution is 0.418. The van der Waals surface area contributed by atoms with Gasteiger partial charge >= 0.3 is 0 Å². The summed E-state index contributed by atoms with van der Waals surface area (Å²) in [6.45, 7) is 1.96. The van der Waals surface area contributed by atoms with Crippen molar-refractivity contribution in [1.82, 2.24) is 9.55 Å². The Bertz CT molecular complexity index is 887. The zero-order valence-corrected chi connectivity index (χ0v) is 13.2. The first-order valence-corrected chi connectivity index (χ1v) is 7.22. The lowest BCUT2D eigenvalue weighted by atomic mass is 10.2. The Labute approximate surface area is 130 Å². The molecule has 0 aliphatic rings. The van der Waals surface area contributed by atoms with Gasteiger partial charge in [-0.05, 0) is 36.8 Å². The zero-order valence-electron chi connectivity index (χ0n) is 11.6. The summed E-state index contributed by atoms with van der Waals surface area (Å²) < 4.78 is 7.77. The molecule has 3 aromatic rings. The molecule has 0 aliphatic heterocycles. The first-order chi connectivity index (χ1) is 10.1. The van der Waals surface area contributed by atoms with Gasteiger partial charge in [-0.15, -0.1) is 0 Å². The van der Waals surface area contributed by atoms with Gasteiger partial charge in [0.2, 0.25) is 0 Å². The van der Waals surface area contributed by atoms with E-state index in [1.54, 1.807) is 36.2 Å². The van der Waals surface area contributed by atoms with E-state index in [4.69, 9.17) is 4.74 Å². The second-order valence-corrected chi connectivity index (χ2v) is 5.51. The Balaban J connectivity index is 2.33. The number of hydrogen-bond donors (Lipinski definition) is 0. The number of hydrogen-bond acceptors (Lipinski definition) is 3. The summed E-state index contributed by atoms with van der Waals surface area (Å²) in [5, 5.41) is 0.538. The minimum Gasteiger partial charge on any atom is -0.494 e. The van der Waals surface area contributed by atoms with Gasteiger partial charge in [-0.2, -0.15) is 0 Å². The van der Waals surface area contributed by atoms with E-state index in [9.17, 15) is 4.79 Å². The summed E-state index contributed by atoms with van der Waals surface area (Å²) in [6.07, 6.45) is 1.54. The Morgan fingerprint density at radius 2 is 1.95 bits per heavy atom. The van der Waals surface area contributed by atoms with Gasteiger partial charge in [-0.3, -0.25) is 9.36 Å². The summed E-state index contributed by atoms with van der Waals surface area (Å²) in [4.78, 5) is 17.1. The van der Waals surface area contributed by atoms with Crippen LogP contribution >= 0.6 is 15.9 Å². The van der Waals surface area contributed by atoms with Gasteiger partial charge in [0.1, 0.15) is 17.6 Å². The predicted octanol–water partition coefficient (Wildman–Crippen LogP) is 3.47. The number of methoxy groups -OCH3 is 1. The van der Waals surface area contributed by atoms with Crippen molar-refractivity contribution in [2.75, 3.05) is 7.11 Å². The number of aromatic nitrogens is 2. The normalized spacial score (nSPS) is 10.8. The Morgan fingerprint density at radius 3 is 2.71 bits per heavy atom. The first kappa shape index (κ1) is 13.8. The fourth-order valence-electron chi connectivity index (χ4n) is 2.32. The molecule has 5 heteroatoms. The third kappa shape index (κ3) is 2.23. The van der Waals surface area contributed by atoms with Crippen LogP contribution in [0.2, 0.25) is 0 Å². The molecule has 0 fully saturated rings. The summed E-state index contributed by atoms with van der Waals surface area (Å²) in [5.41, 5.74) is 2.27. The van der Waals surface area contributed by atoms with Crippen LogP contribution < -0.4 is 10.3 Å². The van der Waals surface area contributed by atoms with Crippen LogP contribution in [0.1, 0.15) is 5.56 Å². The van der Waals surface area contributed by atoms with E-state index in [2.05, 4.69) is 20.9 Å². The van der Waals surface area contributed by atoms with E-state index < -0.39 is 0 Å². The topological polar surface area (TPSA) is 44.1 Å². The molecule has 0 unspecified atom stereocenters. The number of rotatable bonds is 2. The van der Waals surface area contributed by atoms with Crippen LogP contribution in [0.4, 0.5) is 0 Å². The van der Waals surface area contributed by atoms with Gasteiger partial charge in [0.25, 0.3) is 5.56 Å². The molecule has 0 aliphatic carbocycles. The molecule has 0 spiro atoms. The smallest absolute Gasteiger partial charge is 0.265 e. The van der Waals surface area contributed by atoms with Gasteiger partial charge in [0.05, 0.1) is 18.2 Å². The molecule has 4 nitrogen and oxygen atoms in total. The molecule has 0 saturated heterocycles. The van der Waals surface area contributed by atoms with Gasteiger partial charge in [-0.25, -0.2) is 4.98 Å². The quantitative estimate of drug-likeness (QED) is 0.714. The van der Waals surface area contributed by atoms with E-state index in [1.807, 2.05) is 25.1 Å². The Hall–Kier alpha value is -2.14. The monoisotopic (exact) mass is 344 g/mol. The average molecular weight is 345 g/mol.